The number of aliphatic carboxylic acids is 1. The van der Waals surface area contributed by atoms with Crippen LogP contribution in [0.2, 0.25) is 0 Å². The molecule has 0 saturated carbocycles. The van der Waals surface area contributed by atoms with E-state index in [9.17, 15) is 9.59 Å². The predicted molar refractivity (Wildman–Crippen MR) is 72.3 cm³/mol. The van der Waals surface area contributed by atoms with Crippen molar-refractivity contribution in [3.8, 4) is 5.75 Å². The minimum absolute atomic E-state index is 0.0835. The molecule has 0 heterocycles. The summed E-state index contributed by atoms with van der Waals surface area (Å²) in [4.78, 5) is 22.0. The molecule has 5 nitrogen and oxygen atoms in total. The number of para-hydroxylation sites is 2. The molecule has 1 rings (SSSR count). The summed E-state index contributed by atoms with van der Waals surface area (Å²) in [6.07, 6.45) is 2.59. The lowest BCUT2D eigenvalue weighted by Crippen LogP contribution is -2.11. The number of anilines is 1. The summed E-state index contributed by atoms with van der Waals surface area (Å²) in [6, 6.07) is 7.22. The second-order valence-corrected chi connectivity index (χ2v) is 4.20. The highest BCUT2D eigenvalue weighted by Gasteiger charge is 2.06. The number of hydrogen-bond acceptors (Lipinski definition) is 3. The van der Waals surface area contributed by atoms with Gasteiger partial charge in [0.15, 0.2) is 0 Å². The molecule has 0 atom stereocenters. The molecule has 0 unspecified atom stereocenters. The fourth-order valence-electron chi connectivity index (χ4n) is 1.70. The molecular weight excluding hydrogens is 246 g/mol. The average molecular weight is 265 g/mol. The van der Waals surface area contributed by atoms with Gasteiger partial charge < -0.3 is 15.2 Å². The third-order valence-electron chi connectivity index (χ3n) is 2.68. The SMILES string of the molecule is COc1ccccc1NC(=O)CCCCCC(=O)O. The molecule has 0 bridgehead atoms. The highest BCUT2D eigenvalue weighted by atomic mass is 16.5. The Morgan fingerprint density at radius 3 is 2.53 bits per heavy atom. The van der Waals surface area contributed by atoms with Crippen LogP contribution in [0.3, 0.4) is 0 Å². The van der Waals surface area contributed by atoms with Crippen LogP contribution in [-0.4, -0.2) is 24.1 Å². The van der Waals surface area contributed by atoms with Crippen molar-refractivity contribution in [3.63, 3.8) is 0 Å². The van der Waals surface area contributed by atoms with Crippen LogP contribution in [0.4, 0.5) is 5.69 Å². The predicted octanol–water partition coefficient (Wildman–Crippen LogP) is 2.67. The van der Waals surface area contributed by atoms with Gasteiger partial charge in [-0.3, -0.25) is 9.59 Å². The quantitative estimate of drug-likeness (QED) is 0.708. The van der Waals surface area contributed by atoms with Crippen molar-refractivity contribution in [1.82, 2.24) is 0 Å². The second kappa shape index (κ2) is 8.13. The van der Waals surface area contributed by atoms with E-state index in [1.807, 2.05) is 12.1 Å². The molecule has 0 aromatic heterocycles. The van der Waals surface area contributed by atoms with Crippen LogP contribution < -0.4 is 10.1 Å². The Bertz CT molecular complexity index is 431. The Labute approximate surface area is 112 Å². The van der Waals surface area contributed by atoms with Gasteiger partial charge in [0.2, 0.25) is 5.91 Å². The lowest BCUT2D eigenvalue weighted by Gasteiger charge is -2.09. The van der Waals surface area contributed by atoms with E-state index in [-0.39, 0.29) is 12.3 Å². The summed E-state index contributed by atoms with van der Waals surface area (Å²) in [6.45, 7) is 0. The van der Waals surface area contributed by atoms with Crippen LogP contribution in [0.5, 0.6) is 5.75 Å². The molecular formula is C14H19NO4. The molecule has 0 aliphatic heterocycles. The maximum absolute atomic E-state index is 11.7. The summed E-state index contributed by atoms with van der Waals surface area (Å²) >= 11 is 0. The molecule has 0 radical (unpaired) electrons. The fourth-order valence-corrected chi connectivity index (χ4v) is 1.70. The number of benzene rings is 1. The van der Waals surface area contributed by atoms with Crippen LogP contribution >= 0.6 is 0 Å². The van der Waals surface area contributed by atoms with Crippen molar-refractivity contribution in [2.45, 2.75) is 32.1 Å². The van der Waals surface area contributed by atoms with Gasteiger partial charge >= 0.3 is 5.97 Å². The van der Waals surface area contributed by atoms with Gasteiger partial charge in [-0.2, -0.15) is 0 Å². The molecule has 0 saturated heterocycles. The lowest BCUT2D eigenvalue weighted by atomic mass is 10.1. The van der Waals surface area contributed by atoms with Gasteiger partial charge in [0.05, 0.1) is 12.8 Å². The molecule has 1 aromatic carbocycles. The number of methoxy groups -OCH3 is 1. The average Bonchev–Trinajstić information content (AvgIpc) is 2.38. The smallest absolute Gasteiger partial charge is 0.303 e. The number of rotatable bonds is 8. The number of hydrogen-bond donors (Lipinski definition) is 2. The number of unbranched alkanes of at least 4 members (excludes halogenated alkanes) is 2. The first kappa shape index (κ1) is 15.0. The highest BCUT2D eigenvalue weighted by molar-refractivity contribution is 5.92. The maximum Gasteiger partial charge on any atom is 0.303 e. The Morgan fingerprint density at radius 1 is 1.16 bits per heavy atom. The van der Waals surface area contributed by atoms with Crippen LogP contribution in [0.15, 0.2) is 24.3 Å². The van der Waals surface area contributed by atoms with Gasteiger partial charge in [-0.05, 0) is 25.0 Å². The minimum Gasteiger partial charge on any atom is -0.495 e. The van der Waals surface area contributed by atoms with Crippen LogP contribution in [0.25, 0.3) is 0 Å². The number of ether oxygens (including phenoxy) is 1. The van der Waals surface area contributed by atoms with Gasteiger partial charge in [-0.1, -0.05) is 18.6 Å². The summed E-state index contributed by atoms with van der Waals surface area (Å²) in [7, 11) is 1.55. The molecule has 2 N–H and O–H groups in total. The number of nitrogens with one attached hydrogen (secondary N) is 1. The monoisotopic (exact) mass is 265 g/mol. The summed E-state index contributed by atoms with van der Waals surface area (Å²) in [5.41, 5.74) is 0.653. The van der Waals surface area contributed by atoms with Crippen LogP contribution in [0.1, 0.15) is 32.1 Å². The third-order valence-corrected chi connectivity index (χ3v) is 2.68. The zero-order chi connectivity index (χ0) is 14.1. The Hall–Kier alpha value is -2.04. The van der Waals surface area contributed by atoms with Crippen molar-refractivity contribution >= 4 is 17.6 Å². The summed E-state index contributed by atoms with van der Waals surface area (Å²) < 4.78 is 5.14. The largest absolute Gasteiger partial charge is 0.495 e. The first-order valence-electron chi connectivity index (χ1n) is 6.28. The zero-order valence-corrected chi connectivity index (χ0v) is 11.0. The molecule has 1 aromatic rings. The molecule has 5 heteroatoms. The molecule has 0 aliphatic rings. The number of amides is 1. The maximum atomic E-state index is 11.7. The van der Waals surface area contributed by atoms with Crippen molar-refractivity contribution in [3.05, 3.63) is 24.3 Å². The molecule has 1 amide bonds. The first-order chi connectivity index (χ1) is 9.13. The van der Waals surface area contributed by atoms with Gasteiger partial charge in [-0.15, -0.1) is 0 Å². The first-order valence-corrected chi connectivity index (χ1v) is 6.28. The zero-order valence-electron chi connectivity index (χ0n) is 11.0. The number of carbonyl (C=O) groups excluding carboxylic acids is 1. The van der Waals surface area contributed by atoms with E-state index in [1.54, 1.807) is 19.2 Å². The molecule has 19 heavy (non-hydrogen) atoms. The summed E-state index contributed by atoms with van der Waals surface area (Å²) in [5.74, 6) is -0.250. The molecule has 0 spiro atoms. The van der Waals surface area contributed by atoms with Gasteiger partial charge in [0.25, 0.3) is 0 Å². The highest BCUT2D eigenvalue weighted by Crippen LogP contribution is 2.23. The topological polar surface area (TPSA) is 75.6 Å². The van der Waals surface area contributed by atoms with Gasteiger partial charge in [0, 0.05) is 12.8 Å². The van der Waals surface area contributed by atoms with Gasteiger partial charge in [-0.25, -0.2) is 0 Å². The van der Waals surface area contributed by atoms with Crippen LogP contribution in [0, 0.1) is 0 Å². The van der Waals surface area contributed by atoms with E-state index in [2.05, 4.69) is 5.32 Å². The van der Waals surface area contributed by atoms with E-state index < -0.39 is 5.97 Å². The summed E-state index contributed by atoms with van der Waals surface area (Å²) in [5, 5.41) is 11.3. The van der Waals surface area contributed by atoms with Gasteiger partial charge in [0.1, 0.15) is 5.75 Å². The molecule has 0 fully saturated rings. The minimum atomic E-state index is -0.793. The lowest BCUT2D eigenvalue weighted by molar-refractivity contribution is -0.137. The van der Waals surface area contributed by atoms with E-state index >= 15 is 0 Å². The Morgan fingerprint density at radius 2 is 1.84 bits per heavy atom. The second-order valence-electron chi connectivity index (χ2n) is 4.20. The third kappa shape index (κ3) is 5.90. The van der Waals surface area contributed by atoms with E-state index in [0.29, 0.717) is 30.7 Å². The standard InChI is InChI=1S/C14H19NO4/c1-19-12-8-6-5-7-11(12)15-13(16)9-3-2-4-10-14(17)18/h5-8H,2-4,9-10H2,1H3,(H,15,16)(H,17,18). The van der Waals surface area contributed by atoms with Crippen molar-refractivity contribution in [2.75, 3.05) is 12.4 Å². The molecule has 104 valence electrons. The van der Waals surface area contributed by atoms with Crippen molar-refractivity contribution in [2.24, 2.45) is 0 Å². The van der Waals surface area contributed by atoms with Crippen molar-refractivity contribution < 1.29 is 19.4 Å². The van der Waals surface area contributed by atoms with E-state index in [4.69, 9.17) is 9.84 Å². The molecule has 0 aliphatic carbocycles. The normalized spacial score (nSPS) is 9.95. The van der Waals surface area contributed by atoms with E-state index in [0.717, 1.165) is 6.42 Å². The Kier molecular flexibility index (Phi) is 6.43. The van der Waals surface area contributed by atoms with Crippen molar-refractivity contribution in [1.29, 1.82) is 0 Å². The number of carboxylic acids is 1. The fraction of sp³-hybridized carbons (Fsp3) is 0.429. The number of carbonyl (C=O) groups is 2. The van der Waals surface area contributed by atoms with Crippen LogP contribution in [-0.2, 0) is 9.59 Å². The van der Waals surface area contributed by atoms with E-state index in [1.165, 1.54) is 0 Å². The number of carboxylic acid groups (broad SMARTS) is 1. The Balaban J connectivity index is 2.29.